The minimum atomic E-state index is -1.23. The Morgan fingerprint density at radius 1 is 1.07 bits per heavy atom. The lowest BCUT2D eigenvalue weighted by atomic mass is 9.94. The molecule has 1 aliphatic carbocycles. The normalized spacial score (nSPS) is 17.6. The van der Waals surface area contributed by atoms with Crippen LogP contribution in [0.25, 0.3) is 0 Å². The van der Waals surface area contributed by atoms with E-state index in [1.54, 1.807) is 6.92 Å². The number of rotatable bonds is 7. The van der Waals surface area contributed by atoms with Gasteiger partial charge < -0.3 is 14.8 Å². The van der Waals surface area contributed by atoms with Gasteiger partial charge in [0.1, 0.15) is 30.2 Å². The highest BCUT2D eigenvalue weighted by Gasteiger charge is 2.24. The SMILES string of the molecule is CC(=NOCC(C)(O)CON=C1CCCc2ccc(C)nc21)c1cccc(C)n1. The predicted octanol–water partition coefficient (Wildman–Crippen LogP) is 3.34. The molecule has 0 saturated carbocycles. The zero-order valence-corrected chi connectivity index (χ0v) is 17.5. The summed E-state index contributed by atoms with van der Waals surface area (Å²) in [7, 11) is 0. The molecule has 2 heterocycles. The summed E-state index contributed by atoms with van der Waals surface area (Å²) in [6.45, 7) is 7.30. The summed E-state index contributed by atoms with van der Waals surface area (Å²) in [4.78, 5) is 19.8. The standard InChI is InChI=1S/C22H28N4O3/c1-15-7-5-9-19(23-15)17(3)25-28-13-22(4,27)14-29-26-20-10-6-8-18-12-11-16(2)24-21(18)20/h5,7,9,11-12,27H,6,8,10,13-14H2,1-4H3. The van der Waals surface area contributed by atoms with Crippen LogP contribution >= 0.6 is 0 Å². The zero-order chi connectivity index (χ0) is 20.9. The molecule has 2 aromatic heterocycles. The van der Waals surface area contributed by atoms with Crippen molar-refractivity contribution in [3.8, 4) is 0 Å². The Morgan fingerprint density at radius 2 is 1.83 bits per heavy atom. The summed E-state index contributed by atoms with van der Waals surface area (Å²) in [5.41, 5.74) is 4.93. The third-order valence-corrected chi connectivity index (χ3v) is 4.64. The molecule has 0 spiro atoms. The van der Waals surface area contributed by atoms with Gasteiger partial charge in [-0.2, -0.15) is 0 Å². The Morgan fingerprint density at radius 3 is 2.62 bits per heavy atom. The fraction of sp³-hybridized carbons (Fsp3) is 0.455. The lowest BCUT2D eigenvalue weighted by Gasteiger charge is -2.21. The van der Waals surface area contributed by atoms with Crippen LogP contribution in [0.1, 0.15) is 55.0 Å². The van der Waals surface area contributed by atoms with Crippen molar-refractivity contribution in [2.75, 3.05) is 13.2 Å². The summed E-state index contributed by atoms with van der Waals surface area (Å²) in [5, 5.41) is 18.8. The average molecular weight is 396 g/mol. The number of aromatic nitrogens is 2. The number of hydrogen-bond donors (Lipinski definition) is 1. The lowest BCUT2D eigenvalue weighted by molar-refractivity contribution is -0.0832. The molecular weight excluding hydrogens is 368 g/mol. The van der Waals surface area contributed by atoms with E-state index in [0.717, 1.165) is 47.7 Å². The second-order valence-electron chi connectivity index (χ2n) is 7.74. The summed E-state index contributed by atoms with van der Waals surface area (Å²) >= 11 is 0. The molecule has 2 aromatic rings. The fourth-order valence-electron chi connectivity index (χ4n) is 3.04. The predicted molar refractivity (Wildman–Crippen MR) is 112 cm³/mol. The molecule has 1 N–H and O–H groups in total. The summed E-state index contributed by atoms with van der Waals surface area (Å²) < 4.78 is 0. The number of aryl methyl sites for hydroxylation is 3. The molecule has 0 aromatic carbocycles. The van der Waals surface area contributed by atoms with Crippen molar-refractivity contribution in [2.45, 2.75) is 52.6 Å². The highest BCUT2D eigenvalue weighted by atomic mass is 16.7. The number of aliphatic hydroxyl groups is 1. The largest absolute Gasteiger partial charge is 0.392 e. The number of fused-ring (bicyclic) bond motifs is 1. The van der Waals surface area contributed by atoms with Crippen molar-refractivity contribution in [1.82, 2.24) is 9.97 Å². The lowest BCUT2D eigenvalue weighted by Crippen LogP contribution is -2.35. The van der Waals surface area contributed by atoms with Crippen LogP contribution in [0.5, 0.6) is 0 Å². The van der Waals surface area contributed by atoms with Gasteiger partial charge in [0, 0.05) is 11.4 Å². The Labute approximate surface area is 171 Å². The van der Waals surface area contributed by atoms with Crippen molar-refractivity contribution >= 4 is 11.4 Å². The average Bonchev–Trinajstić information content (AvgIpc) is 2.68. The van der Waals surface area contributed by atoms with Gasteiger partial charge in [-0.25, -0.2) is 0 Å². The molecule has 154 valence electrons. The highest BCUT2D eigenvalue weighted by molar-refractivity contribution is 6.00. The minimum absolute atomic E-state index is 0.00505. The molecule has 0 bridgehead atoms. The molecule has 0 aliphatic heterocycles. The Kier molecular flexibility index (Phi) is 6.59. The third kappa shape index (κ3) is 5.84. The van der Waals surface area contributed by atoms with Crippen LogP contribution in [-0.2, 0) is 16.1 Å². The monoisotopic (exact) mass is 396 g/mol. The second-order valence-corrected chi connectivity index (χ2v) is 7.74. The zero-order valence-electron chi connectivity index (χ0n) is 17.5. The molecule has 0 radical (unpaired) electrons. The minimum Gasteiger partial charge on any atom is -0.392 e. The van der Waals surface area contributed by atoms with Crippen LogP contribution in [0, 0.1) is 13.8 Å². The van der Waals surface area contributed by atoms with Crippen molar-refractivity contribution in [3.63, 3.8) is 0 Å². The van der Waals surface area contributed by atoms with Gasteiger partial charge in [0.15, 0.2) is 0 Å². The Hall–Kier alpha value is -2.80. The van der Waals surface area contributed by atoms with Crippen molar-refractivity contribution in [1.29, 1.82) is 0 Å². The van der Waals surface area contributed by atoms with Crippen LogP contribution in [-0.4, -0.2) is 45.3 Å². The van der Waals surface area contributed by atoms with Crippen LogP contribution in [0.2, 0.25) is 0 Å². The highest BCUT2D eigenvalue weighted by Crippen LogP contribution is 2.21. The van der Waals surface area contributed by atoms with Gasteiger partial charge in [-0.15, -0.1) is 0 Å². The van der Waals surface area contributed by atoms with E-state index in [9.17, 15) is 5.11 Å². The van der Waals surface area contributed by atoms with Crippen LogP contribution in [0.4, 0.5) is 0 Å². The maximum absolute atomic E-state index is 10.5. The van der Waals surface area contributed by atoms with E-state index in [4.69, 9.17) is 9.68 Å². The molecule has 1 aliphatic rings. The molecule has 1 atom stereocenters. The number of oxime groups is 2. The van der Waals surface area contributed by atoms with E-state index in [1.807, 2.05) is 45.0 Å². The smallest absolute Gasteiger partial charge is 0.149 e. The maximum Gasteiger partial charge on any atom is 0.149 e. The number of nitrogens with zero attached hydrogens (tertiary/aromatic N) is 4. The van der Waals surface area contributed by atoms with E-state index in [1.165, 1.54) is 5.56 Å². The van der Waals surface area contributed by atoms with Gasteiger partial charge >= 0.3 is 0 Å². The van der Waals surface area contributed by atoms with Gasteiger partial charge in [-0.1, -0.05) is 22.4 Å². The maximum atomic E-state index is 10.5. The van der Waals surface area contributed by atoms with Gasteiger partial charge in [0.2, 0.25) is 0 Å². The van der Waals surface area contributed by atoms with Crippen molar-refractivity contribution in [2.24, 2.45) is 10.3 Å². The Bertz CT molecular complexity index is 922. The van der Waals surface area contributed by atoms with E-state index >= 15 is 0 Å². The first-order valence-corrected chi connectivity index (χ1v) is 9.83. The summed E-state index contributed by atoms with van der Waals surface area (Å²) in [5.74, 6) is 0. The van der Waals surface area contributed by atoms with Crippen LogP contribution in [0.15, 0.2) is 40.6 Å². The third-order valence-electron chi connectivity index (χ3n) is 4.64. The van der Waals surface area contributed by atoms with E-state index < -0.39 is 5.60 Å². The quantitative estimate of drug-likeness (QED) is 0.573. The molecule has 0 amide bonds. The summed E-state index contributed by atoms with van der Waals surface area (Å²) in [6, 6.07) is 9.81. The topological polar surface area (TPSA) is 89.2 Å². The Balaban J connectivity index is 1.55. The number of pyridine rings is 2. The second kappa shape index (κ2) is 9.13. The molecule has 29 heavy (non-hydrogen) atoms. The van der Waals surface area contributed by atoms with Crippen LogP contribution in [0.3, 0.4) is 0 Å². The number of hydrogen-bond acceptors (Lipinski definition) is 7. The molecule has 7 nitrogen and oxygen atoms in total. The molecule has 7 heteroatoms. The first kappa shape index (κ1) is 20.9. The van der Waals surface area contributed by atoms with Crippen molar-refractivity contribution < 1.29 is 14.8 Å². The van der Waals surface area contributed by atoms with E-state index in [2.05, 4.69) is 26.3 Å². The molecule has 0 fully saturated rings. The van der Waals surface area contributed by atoms with Gasteiger partial charge in [0.05, 0.1) is 11.4 Å². The first-order valence-electron chi connectivity index (χ1n) is 9.83. The van der Waals surface area contributed by atoms with Crippen molar-refractivity contribution in [3.05, 3.63) is 58.7 Å². The fourth-order valence-corrected chi connectivity index (χ4v) is 3.04. The van der Waals surface area contributed by atoms with Gasteiger partial charge in [-0.05, 0) is 70.7 Å². The molecular formula is C22H28N4O3. The first-order chi connectivity index (χ1) is 13.8. The van der Waals surface area contributed by atoms with Gasteiger partial charge in [-0.3, -0.25) is 9.97 Å². The van der Waals surface area contributed by atoms with E-state index in [0.29, 0.717) is 5.71 Å². The van der Waals surface area contributed by atoms with Gasteiger partial charge in [0.25, 0.3) is 0 Å². The molecule has 0 saturated heterocycles. The van der Waals surface area contributed by atoms with Crippen LogP contribution < -0.4 is 0 Å². The molecule has 1 unspecified atom stereocenters. The van der Waals surface area contributed by atoms with E-state index in [-0.39, 0.29) is 13.2 Å². The molecule has 3 rings (SSSR count). The summed E-state index contributed by atoms with van der Waals surface area (Å²) in [6.07, 6.45) is 2.83.